The quantitative estimate of drug-likeness (QED) is 0.701. The molecular formula is C22H18N2O2. The Morgan fingerprint density at radius 2 is 1.69 bits per heavy atom. The van der Waals surface area contributed by atoms with Crippen molar-refractivity contribution in [2.45, 2.75) is 13.0 Å². The first-order chi connectivity index (χ1) is 12.7. The van der Waals surface area contributed by atoms with Gasteiger partial charge in [0, 0.05) is 5.69 Å². The number of nitrogens with one attached hydrogen (secondary N) is 1. The Bertz CT molecular complexity index is 913. The van der Waals surface area contributed by atoms with E-state index >= 15 is 0 Å². The number of nitrogens with zero attached hydrogens (tertiary/aromatic N) is 1. The average molecular weight is 342 g/mol. The van der Waals surface area contributed by atoms with Crippen molar-refractivity contribution in [1.82, 2.24) is 0 Å². The minimum Gasteiger partial charge on any atom is -0.489 e. The SMILES string of the molecule is N#CCC(=O)Nc1cccc(-c2ccc(OCc3ccccc3)cc2)c1. The summed E-state index contributed by atoms with van der Waals surface area (Å²) >= 11 is 0. The van der Waals surface area contributed by atoms with E-state index in [0.717, 1.165) is 22.4 Å². The van der Waals surface area contributed by atoms with Crippen molar-refractivity contribution in [2.24, 2.45) is 0 Å². The van der Waals surface area contributed by atoms with Crippen molar-refractivity contribution in [3.05, 3.63) is 84.4 Å². The first-order valence-electron chi connectivity index (χ1n) is 8.28. The van der Waals surface area contributed by atoms with Gasteiger partial charge in [-0.1, -0.05) is 54.6 Å². The highest BCUT2D eigenvalue weighted by Crippen LogP contribution is 2.25. The molecule has 1 amide bonds. The van der Waals surface area contributed by atoms with Crippen molar-refractivity contribution < 1.29 is 9.53 Å². The molecule has 1 N–H and O–H groups in total. The van der Waals surface area contributed by atoms with Crippen LogP contribution in [-0.4, -0.2) is 5.91 Å². The topological polar surface area (TPSA) is 62.1 Å². The number of benzene rings is 3. The summed E-state index contributed by atoms with van der Waals surface area (Å²) in [6, 6.07) is 27.2. The molecule has 4 nitrogen and oxygen atoms in total. The maximum Gasteiger partial charge on any atom is 0.238 e. The van der Waals surface area contributed by atoms with Crippen molar-refractivity contribution in [3.8, 4) is 22.9 Å². The molecule has 128 valence electrons. The van der Waals surface area contributed by atoms with Crippen molar-refractivity contribution >= 4 is 11.6 Å². The van der Waals surface area contributed by atoms with Crippen LogP contribution in [0, 0.1) is 11.3 Å². The summed E-state index contributed by atoms with van der Waals surface area (Å²) < 4.78 is 5.80. The third kappa shape index (κ3) is 4.71. The molecule has 0 atom stereocenters. The number of hydrogen-bond donors (Lipinski definition) is 1. The van der Waals surface area contributed by atoms with E-state index in [-0.39, 0.29) is 12.3 Å². The number of rotatable bonds is 6. The summed E-state index contributed by atoms with van der Waals surface area (Å²) in [6.07, 6.45) is -0.155. The predicted molar refractivity (Wildman–Crippen MR) is 102 cm³/mol. The maximum absolute atomic E-state index is 11.5. The highest BCUT2D eigenvalue weighted by atomic mass is 16.5. The molecule has 0 saturated heterocycles. The lowest BCUT2D eigenvalue weighted by Gasteiger charge is -2.09. The van der Waals surface area contributed by atoms with Crippen LogP contribution in [-0.2, 0) is 11.4 Å². The summed E-state index contributed by atoms with van der Waals surface area (Å²) in [4.78, 5) is 11.5. The Morgan fingerprint density at radius 1 is 0.923 bits per heavy atom. The van der Waals surface area contributed by atoms with E-state index in [1.165, 1.54) is 0 Å². The monoisotopic (exact) mass is 342 g/mol. The molecule has 0 heterocycles. The smallest absolute Gasteiger partial charge is 0.238 e. The third-order valence-electron chi connectivity index (χ3n) is 3.82. The Hall–Kier alpha value is -3.58. The summed E-state index contributed by atoms with van der Waals surface area (Å²) in [6.45, 7) is 0.528. The van der Waals surface area contributed by atoms with E-state index in [2.05, 4.69) is 5.32 Å². The van der Waals surface area contributed by atoms with Crippen LogP contribution >= 0.6 is 0 Å². The van der Waals surface area contributed by atoms with Gasteiger partial charge in [-0.2, -0.15) is 5.26 Å². The van der Waals surface area contributed by atoms with Gasteiger partial charge in [0.2, 0.25) is 5.91 Å². The normalized spacial score (nSPS) is 9.96. The number of carbonyl (C=O) groups is 1. The summed E-state index contributed by atoms with van der Waals surface area (Å²) in [7, 11) is 0. The van der Waals surface area contributed by atoms with Crippen LogP contribution in [0.1, 0.15) is 12.0 Å². The molecular weight excluding hydrogens is 324 g/mol. The predicted octanol–water partition coefficient (Wildman–Crippen LogP) is 4.78. The minimum atomic E-state index is -0.311. The molecule has 0 radical (unpaired) electrons. The second-order valence-electron chi connectivity index (χ2n) is 5.76. The van der Waals surface area contributed by atoms with Crippen molar-refractivity contribution in [1.29, 1.82) is 5.26 Å². The highest BCUT2D eigenvalue weighted by molar-refractivity contribution is 5.92. The van der Waals surface area contributed by atoms with Crippen LogP contribution in [0.25, 0.3) is 11.1 Å². The van der Waals surface area contributed by atoms with E-state index in [9.17, 15) is 4.79 Å². The average Bonchev–Trinajstić information content (AvgIpc) is 2.68. The standard InChI is InChI=1S/C22H18N2O2/c23-14-13-22(25)24-20-8-4-7-19(15-20)18-9-11-21(12-10-18)26-16-17-5-2-1-3-6-17/h1-12,15H,13,16H2,(H,24,25). The molecule has 26 heavy (non-hydrogen) atoms. The lowest BCUT2D eigenvalue weighted by Crippen LogP contribution is -2.09. The van der Waals surface area contributed by atoms with Gasteiger partial charge in [-0.25, -0.2) is 0 Å². The van der Waals surface area contributed by atoms with Crippen LogP contribution in [0.4, 0.5) is 5.69 Å². The van der Waals surface area contributed by atoms with Gasteiger partial charge in [0.05, 0.1) is 6.07 Å². The number of carbonyl (C=O) groups excluding carboxylic acids is 1. The fourth-order valence-corrected chi connectivity index (χ4v) is 2.54. The molecule has 0 bridgehead atoms. The van der Waals surface area contributed by atoms with E-state index in [1.807, 2.05) is 78.9 Å². The fraction of sp³-hybridized carbons (Fsp3) is 0.0909. The molecule has 0 aliphatic carbocycles. The van der Waals surface area contributed by atoms with Crippen LogP contribution in [0.3, 0.4) is 0 Å². The van der Waals surface area contributed by atoms with Crippen LogP contribution in [0.2, 0.25) is 0 Å². The van der Waals surface area contributed by atoms with Crippen LogP contribution in [0.15, 0.2) is 78.9 Å². The van der Waals surface area contributed by atoms with Gasteiger partial charge in [0.25, 0.3) is 0 Å². The van der Waals surface area contributed by atoms with E-state index < -0.39 is 0 Å². The molecule has 0 saturated carbocycles. The molecule has 0 aliphatic heterocycles. The van der Waals surface area contributed by atoms with Crippen molar-refractivity contribution in [2.75, 3.05) is 5.32 Å². The maximum atomic E-state index is 11.5. The second-order valence-corrected chi connectivity index (χ2v) is 5.76. The van der Waals surface area contributed by atoms with Gasteiger partial charge < -0.3 is 10.1 Å². The van der Waals surface area contributed by atoms with Gasteiger partial charge in [0.1, 0.15) is 18.8 Å². The number of nitriles is 1. The van der Waals surface area contributed by atoms with Crippen LogP contribution < -0.4 is 10.1 Å². The largest absolute Gasteiger partial charge is 0.489 e. The summed E-state index contributed by atoms with van der Waals surface area (Å²) in [5.74, 6) is 0.491. The fourth-order valence-electron chi connectivity index (χ4n) is 2.54. The lowest BCUT2D eigenvalue weighted by atomic mass is 10.0. The molecule has 3 aromatic carbocycles. The number of hydrogen-bond acceptors (Lipinski definition) is 3. The molecule has 0 aromatic heterocycles. The van der Waals surface area contributed by atoms with Gasteiger partial charge in [-0.15, -0.1) is 0 Å². The molecule has 4 heteroatoms. The van der Waals surface area contributed by atoms with E-state index in [0.29, 0.717) is 12.3 Å². The molecule has 0 fully saturated rings. The van der Waals surface area contributed by atoms with Crippen molar-refractivity contribution in [3.63, 3.8) is 0 Å². The summed E-state index contributed by atoms with van der Waals surface area (Å²) in [5.41, 5.74) is 3.80. The molecule has 0 spiro atoms. The Labute approximate surface area is 152 Å². The first-order valence-corrected chi connectivity index (χ1v) is 8.28. The van der Waals surface area contributed by atoms with Gasteiger partial charge >= 0.3 is 0 Å². The number of anilines is 1. The minimum absolute atomic E-state index is 0.155. The Morgan fingerprint density at radius 3 is 2.42 bits per heavy atom. The molecule has 3 rings (SSSR count). The van der Waals surface area contributed by atoms with Gasteiger partial charge in [-0.05, 0) is 41.0 Å². The van der Waals surface area contributed by atoms with E-state index in [4.69, 9.17) is 10.00 Å². The molecule has 0 unspecified atom stereocenters. The Balaban J connectivity index is 1.66. The zero-order valence-electron chi connectivity index (χ0n) is 14.2. The Kier molecular flexibility index (Phi) is 5.64. The van der Waals surface area contributed by atoms with E-state index in [1.54, 1.807) is 6.07 Å². The number of amides is 1. The first kappa shape index (κ1) is 17.2. The second kappa shape index (κ2) is 8.50. The highest BCUT2D eigenvalue weighted by Gasteiger charge is 2.04. The lowest BCUT2D eigenvalue weighted by molar-refractivity contribution is -0.115. The molecule has 3 aromatic rings. The molecule has 0 aliphatic rings. The van der Waals surface area contributed by atoms with Gasteiger partial charge in [-0.3, -0.25) is 4.79 Å². The number of ether oxygens (including phenoxy) is 1. The van der Waals surface area contributed by atoms with Crippen LogP contribution in [0.5, 0.6) is 5.75 Å². The summed E-state index contributed by atoms with van der Waals surface area (Å²) in [5, 5.41) is 11.3. The third-order valence-corrected chi connectivity index (χ3v) is 3.82. The van der Waals surface area contributed by atoms with Gasteiger partial charge in [0.15, 0.2) is 0 Å². The zero-order chi connectivity index (χ0) is 18.2. The zero-order valence-corrected chi connectivity index (χ0v) is 14.2.